The van der Waals surface area contributed by atoms with Crippen LogP contribution in [-0.4, -0.2) is 213 Å². The van der Waals surface area contributed by atoms with Crippen LogP contribution in [-0.2, 0) is 71.5 Å². The van der Waals surface area contributed by atoms with Gasteiger partial charge in [-0.15, -0.1) is 0 Å². The summed E-state index contributed by atoms with van der Waals surface area (Å²) >= 11 is 0. The summed E-state index contributed by atoms with van der Waals surface area (Å²) in [7, 11) is -45.5. The van der Waals surface area contributed by atoms with Gasteiger partial charge >= 0.3 is 97.1 Å². The van der Waals surface area contributed by atoms with Crippen LogP contribution in [0.2, 0.25) is 30.2 Å². The number of hydrogen-bond acceptors (Lipinski definition) is 27. The van der Waals surface area contributed by atoms with E-state index in [1.807, 2.05) is 0 Å². The van der Waals surface area contributed by atoms with Gasteiger partial charge in [-0.1, -0.05) is 34.6 Å². The van der Waals surface area contributed by atoms with E-state index in [9.17, 15) is 49.5 Å². The van der Waals surface area contributed by atoms with Crippen LogP contribution in [0.1, 0.15) is 34.6 Å². The maximum Gasteiger partial charge on any atom is 0.664 e. The summed E-state index contributed by atoms with van der Waals surface area (Å²) in [5.41, 5.74) is 0. The van der Waals surface area contributed by atoms with Crippen molar-refractivity contribution in [3.8, 4) is 0 Å². The van der Waals surface area contributed by atoms with Gasteiger partial charge in [0.15, 0.2) is 0 Å². The van der Waals surface area contributed by atoms with E-state index in [1.165, 1.54) is 41.9 Å². The van der Waals surface area contributed by atoms with Gasteiger partial charge in [0.1, 0.15) is 31.2 Å². The van der Waals surface area contributed by atoms with Crippen LogP contribution < -0.4 is 0 Å². The Hall–Kier alpha value is 1.31. The van der Waals surface area contributed by atoms with Gasteiger partial charge < -0.3 is 121 Å². The van der Waals surface area contributed by atoms with Crippen LogP contribution in [0.4, 0.5) is 0 Å². The minimum Gasteiger partial charge on any atom is -0.392 e. The number of aliphatic hydroxyl groups is 5. The zero-order valence-electron chi connectivity index (χ0n) is 34.0. The zero-order valence-corrected chi connectivity index (χ0v) is 45.0. The van der Waals surface area contributed by atoms with Crippen LogP contribution in [0, 0.1) is 0 Å². The van der Waals surface area contributed by atoms with E-state index in [2.05, 4.69) is 0 Å². The Kier molecular flexibility index (Phi) is 20.6. The van der Waals surface area contributed by atoms with Crippen molar-refractivity contribution in [3.05, 3.63) is 0 Å². The van der Waals surface area contributed by atoms with E-state index in [0.717, 1.165) is 21.3 Å². The molecule has 2 aliphatic rings. The fourth-order valence-corrected chi connectivity index (χ4v) is 49.1. The normalized spacial score (nSPS) is 34.3. The average molecular weight is 1040 g/mol. The molecule has 27 nitrogen and oxygen atoms in total. The Labute approximate surface area is 348 Å². The summed E-state index contributed by atoms with van der Waals surface area (Å²) in [6, 6.07) is -1.20. The first kappa shape index (κ1) is 55.4. The van der Waals surface area contributed by atoms with Gasteiger partial charge in [0.2, 0.25) is 0 Å². The first-order valence-electron chi connectivity index (χ1n) is 17.7. The monoisotopic (exact) mass is 1040 g/mol. The maximum atomic E-state index is 12.1. The second-order valence-electron chi connectivity index (χ2n) is 12.3. The smallest absolute Gasteiger partial charge is 0.392 e. The molecule has 0 bridgehead atoms. The van der Waals surface area contributed by atoms with Gasteiger partial charge in [0, 0.05) is 65.8 Å². The number of rotatable bonds is 27. The Morgan fingerprint density at radius 2 is 0.879 bits per heavy atom. The third-order valence-corrected chi connectivity index (χ3v) is 47.2. The second-order valence-corrected chi connectivity index (χ2v) is 44.2. The topological polar surface area (TPSA) is 359 Å². The SMILES string of the molecule is CC[Si](O)(O[Si](CO)(OC)O[Si](O)(CO)O[Si]1(CC)O[Si](O)(CC)O[Si](OC)(OC)O1)O[Si]1(CO)O[Si](O)(CC)O[Si](CC)(O[Si](CO)(OC)O[Si](O)(CO)OC)O1. The van der Waals surface area contributed by atoms with Crippen molar-refractivity contribution >= 4 is 97.1 Å². The lowest BCUT2D eigenvalue weighted by Crippen LogP contribution is -2.79. The van der Waals surface area contributed by atoms with Gasteiger partial charge in [-0.3, -0.25) is 0 Å². The van der Waals surface area contributed by atoms with Crippen LogP contribution in [0.3, 0.4) is 0 Å². The molecule has 0 saturated carbocycles. The molecule has 346 valence electrons. The molecule has 0 aromatic rings. The highest BCUT2D eigenvalue weighted by Gasteiger charge is 2.73. The largest absolute Gasteiger partial charge is 0.664 e. The molecule has 38 heteroatoms. The van der Waals surface area contributed by atoms with E-state index in [1.54, 1.807) is 6.92 Å². The molecule has 0 amide bonds. The first-order chi connectivity index (χ1) is 26.9. The molecule has 58 heavy (non-hydrogen) atoms. The van der Waals surface area contributed by atoms with Crippen molar-refractivity contribution in [1.82, 2.24) is 0 Å². The predicted octanol–water partition coefficient (Wildman–Crippen LogP) is -5.01. The van der Waals surface area contributed by atoms with Gasteiger partial charge in [0.05, 0.1) is 0 Å². The van der Waals surface area contributed by atoms with Crippen molar-refractivity contribution in [2.24, 2.45) is 0 Å². The number of hydrogen-bond donors (Lipinski definition) is 10. The van der Waals surface area contributed by atoms with Crippen molar-refractivity contribution < 1.29 is 121 Å². The minimum atomic E-state index is -5.17. The molecule has 0 aliphatic carbocycles. The molecule has 2 fully saturated rings. The molecule has 10 N–H and O–H groups in total. The first-order valence-corrected chi connectivity index (χ1v) is 38.9. The lowest BCUT2D eigenvalue weighted by molar-refractivity contribution is -0.0134. The quantitative estimate of drug-likeness (QED) is 0.0344. The zero-order chi connectivity index (χ0) is 44.6. The van der Waals surface area contributed by atoms with Crippen molar-refractivity contribution in [2.75, 3.05) is 66.7 Å². The molecule has 2 rings (SSSR count). The summed E-state index contributed by atoms with van der Waals surface area (Å²) in [5, 5.41) is 52.3. The fourth-order valence-electron chi connectivity index (χ4n) is 4.98. The summed E-state index contributed by atoms with van der Waals surface area (Å²) in [6.07, 6.45) is -5.72. The highest BCUT2D eigenvalue weighted by atomic mass is 28.6. The Morgan fingerprint density at radius 3 is 1.26 bits per heavy atom. The highest BCUT2D eigenvalue weighted by molar-refractivity contribution is 6.94. The van der Waals surface area contributed by atoms with Crippen molar-refractivity contribution in [2.45, 2.75) is 64.8 Å². The summed E-state index contributed by atoms with van der Waals surface area (Å²) < 4.78 is 97.5. The lowest BCUT2D eigenvalue weighted by Gasteiger charge is -2.51. The van der Waals surface area contributed by atoms with Crippen LogP contribution in [0.5, 0.6) is 0 Å². The summed E-state index contributed by atoms with van der Waals surface area (Å²) in [4.78, 5) is 57.4. The van der Waals surface area contributed by atoms with Crippen molar-refractivity contribution in [1.29, 1.82) is 0 Å². The fraction of sp³-hybridized carbons (Fsp3) is 1.00. The molecule has 0 aromatic heterocycles. The van der Waals surface area contributed by atoms with Crippen LogP contribution >= 0.6 is 0 Å². The molecular weight excluding hydrogens is 981 g/mol. The molecule has 2 heterocycles. The second kappa shape index (κ2) is 21.5. The van der Waals surface area contributed by atoms with Crippen LogP contribution in [0.25, 0.3) is 0 Å². The Balaban J connectivity index is 2.63. The van der Waals surface area contributed by atoms with Gasteiger partial charge in [0.25, 0.3) is 0 Å². The molecule has 0 radical (unpaired) electrons. The number of aliphatic hydroxyl groups excluding tert-OH is 5. The average Bonchev–Trinajstić information content (AvgIpc) is 3.22. The molecule has 0 aromatic carbocycles. The van der Waals surface area contributed by atoms with E-state index in [0.29, 0.717) is 0 Å². The van der Waals surface area contributed by atoms with Gasteiger partial charge in [-0.2, -0.15) is 0 Å². The summed E-state index contributed by atoms with van der Waals surface area (Å²) in [6.45, 7) is 7.38. The van der Waals surface area contributed by atoms with E-state index in [4.69, 9.17) is 71.5 Å². The van der Waals surface area contributed by atoms with E-state index < -0.39 is 134 Å². The predicted molar refractivity (Wildman–Crippen MR) is 210 cm³/mol. The van der Waals surface area contributed by atoms with Crippen LogP contribution in [0.15, 0.2) is 0 Å². The Bertz CT molecular complexity index is 1280. The van der Waals surface area contributed by atoms with Gasteiger partial charge in [-0.25, -0.2) is 0 Å². The van der Waals surface area contributed by atoms with Crippen molar-refractivity contribution in [3.63, 3.8) is 0 Å². The lowest BCUT2D eigenvalue weighted by atomic mass is 11.0. The molecule has 2 aliphatic heterocycles. The Morgan fingerprint density at radius 1 is 0.448 bits per heavy atom. The third kappa shape index (κ3) is 13.0. The molecule has 10 unspecified atom stereocenters. The molecule has 0 spiro atoms. The van der Waals surface area contributed by atoms with E-state index >= 15 is 0 Å². The molecule has 10 atom stereocenters. The standard InChI is InChI=1S/C20H60O27Si11/c1-11-48(26)36-54(15-5,45-56(19-24,33-8)41-51(29,16-21)31-6)46-57(20-25,39-48)40-49(27,12-2)38-55(18-23,32-7)43-52(30,17-22)42-53(14-4)37-50(28,13-3)44-58(34-9,35-10)47-53/h21-30H,11-20H2,1-10H3. The summed E-state index contributed by atoms with van der Waals surface area (Å²) in [5.74, 6) is 0. The third-order valence-electron chi connectivity index (χ3n) is 8.33. The minimum absolute atomic E-state index is 0.0742. The highest BCUT2D eigenvalue weighted by Crippen LogP contribution is 2.40. The molecule has 2 saturated heterocycles. The maximum absolute atomic E-state index is 12.1. The van der Waals surface area contributed by atoms with E-state index in [-0.39, 0.29) is 24.2 Å². The molecular formula is C20H60O27Si11. The van der Waals surface area contributed by atoms with Gasteiger partial charge in [-0.05, 0) is 0 Å².